The number of nitrogens with one attached hydrogen (secondary N) is 1. The lowest BCUT2D eigenvalue weighted by Crippen LogP contribution is -2.44. The van der Waals surface area contributed by atoms with Crippen molar-refractivity contribution in [3.05, 3.63) is 35.9 Å². The zero-order valence-corrected chi connectivity index (χ0v) is 10.8. The molecule has 106 valence electrons. The lowest BCUT2D eigenvalue weighted by Gasteiger charge is -2.21. The van der Waals surface area contributed by atoms with Crippen LogP contribution in [0, 0.1) is 0 Å². The monoisotopic (exact) mass is 269 g/mol. The van der Waals surface area contributed by atoms with E-state index in [1.807, 2.05) is 30.3 Å². The van der Waals surface area contributed by atoms with Crippen molar-refractivity contribution in [3.8, 4) is 0 Å². The Morgan fingerprint density at radius 1 is 1.37 bits per heavy atom. The van der Waals surface area contributed by atoms with Gasteiger partial charge in [-0.05, 0) is 12.0 Å². The molecule has 1 amide bonds. The third kappa shape index (κ3) is 5.69. The van der Waals surface area contributed by atoms with Crippen molar-refractivity contribution in [2.75, 3.05) is 13.7 Å². The molecule has 19 heavy (non-hydrogen) atoms. The summed E-state index contributed by atoms with van der Waals surface area (Å²) in [5, 5.41) is 20.8. The number of carbonyl (C=O) groups is 1. The van der Waals surface area contributed by atoms with Crippen molar-refractivity contribution in [1.29, 1.82) is 0 Å². The molecule has 0 spiro atoms. The molecule has 0 aliphatic rings. The molecule has 6 heteroatoms. The highest BCUT2D eigenvalue weighted by molar-refractivity contribution is 5.67. The third-order valence-corrected chi connectivity index (χ3v) is 2.54. The van der Waals surface area contributed by atoms with Gasteiger partial charge < -0.3 is 25.0 Å². The van der Waals surface area contributed by atoms with Crippen molar-refractivity contribution >= 4 is 6.09 Å². The maximum atomic E-state index is 11.5. The third-order valence-electron chi connectivity index (χ3n) is 2.54. The molecule has 0 radical (unpaired) electrons. The number of alkyl carbamates (subject to hydrolysis) is 1. The van der Waals surface area contributed by atoms with Crippen LogP contribution in [0.25, 0.3) is 0 Å². The number of methoxy groups -OCH3 is 1. The smallest absolute Gasteiger partial charge is 0.407 e. The van der Waals surface area contributed by atoms with Gasteiger partial charge in [0.25, 0.3) is 0 Å². The summed E-state index contributed by atoms with van der Waals surface area (Å²) in [7, 11) is 1.31. The number of hydrogen-bond acceptors (Lipinski definition) is 5. The number of hydrogen-bond donors (Lipinski definition) is 3. The second kappa shape index (κ2) is 8.47. The fraction of sp³-hybridized carbons (Fsp3) is 0.462. The van der Waals surface area contributed by atoms with Crippen LogP contribution in [-0.2, 0) is 16.1 Å². The number of benzene rings is 1. The molecule has 0 heterocycles. The largest absolute Gasteiger partial charge is 0.445 e. The molecule has 1 aromatic carbocycles. The summed E-state index contributed by atoms with van der Waals surface area (Å²) in [6.45, 7) is -0.0361. The quantitative estimate of drug-likeness (QED) is 0.632. The maximum Gasteiger partial charge on any atom is 0.407 e. The van der Waals surface area contributed by atoms with E-state index in [1.165, 1.54) is 7.11 Å². The van der Waals surface area contributed by atoms with Gasteiger partial charge in [0.05, 0.1) is 6.04 Å². The Bertz CT molecular complexity index is 371. The molecule has 6 nitrogen and oxygen atoms in total. The Morgan fingerprint density at radius 3 is 2.63 bits per heavy atom. The van der Waals surface area contributed by atoms with Gasteiger partial charge in [-0.15, -0.1) is 0 Å². The summed E-state index contributed by atoms with van der Waals surface area (Å²) >= 11 is 0. The Balaban J connectivity index is 2.40. The lowest BCUT2D eigenvalue weighted by atomic mass is 10.2. The van der Waals surface area contributed by atoms with Crippen LogP contribution < -0.4 is 5.32 Å². The van der Waals surface area contributed by atoms with Gasteiger partial charge in [0.2, 0.25) is 0 Å². The Labute approximate surface area is 112 Å². The number of ether oxygens (including phenoxy) is 2. The van der Waals surface area contributed by atoms with Gasteiger partial charge in [-0.2, -0.15) is 0 Å². The van der Waals surface area contributed by atoms with Crippen molar-refractivity contribution in [3.63, 3.8) is 0 Å². The molecule has 0 fully saturated rings. The maximum absolute atomic E-state index is 11.5. The molecular weight excluding hydrogens is 250 g/mol. The molecule has 3 N–H and O–H groups in total. The van der Waals surface area contributed by atoms with Crippen molar-refractivity contribution < 1.29 is 24.5 Å². The fourth-order valence-electron chi connectivity index (χ4n) is 1.51. The minimum atomic E-state index is -1.18. The molecule has 1 aromatic rings. The van der Waals surface area contributed by atoms with Crippen molar-refractivity contribution in [2.45, 2.75) is 25.4 Å². The van der Waals surface area contributed by atoms with Crippen LogP contribution in [0.5, 0.6) is 0 Å². The standard InChI is InChI=1S/C13H19NO5/c1-18-12(16)11(7-8-15)14-13(17)19-9-10-5-3-2-4-6-10/h2-6,11-12,15-16H,7-9H2,1H3,(H,14,17)/t11-,12?/m0/s1. The molecule has 2 atom stereocenters. The number of rotatable bonds is 7. The van der Waals surface area contributed by atoms with Crippen molar-refractivity contribution in [1.82, 2.24) is 5.32 Å². The topological polar surface area (TPSA) is 88.0 Å². The highest BCUT2D eigenvalue weighted by Gasteiger charge is 2.21. The Morgan fingerprint density at radius 2 is 2.05 bits per heavy atom. The van der Waals surface area contributed by atoms with Crippen LogP contribution in [0.4, 0.5) is 4.79 Å². The van der Waals surface area contributed by atoms with Gasteiger partial charge in [-0.3, -0.25) is 0 Å². The van der Waals surface area contributed by atoms with E-state index in [-0.39, 0.29) is 19.6 Å². The minimum Gasteiger partial charge on any atom is -0.445 e. The van der Waals surface area contributed by atoms with E-state index in [9.17, 15) is 9.90 Å². The zero-order valence-electron chi connectivity index (χ0n) is 10.8. The zero-order chi connectivity index (χ0) is 14.1. The molecular formula is C13H19NO5. The summed E-state index contributed by atoms with van der Waals surface area (Å²) in [5.41, 5.74) is 0.864. The molecule has 0 aliphatic heterocycles. The van der Waals surface area contributed by atoms with Crippen LogP contribution in [-0.4, -0.2) is 42.4 Å². The predicted molar refractivity (Wildman–Crippen MR) is 68.3 cm³/mol. The second-order valence-corrected chi connectivity index (χ2v) is 3.95. The average molecular weight is 269 g/mol. The molecule has 0 aliphatic carbocycles. The summed E-state index contributed by atoms with van der Waals surface area (Å²) in [4.78, 5) is 11.5. The first-order valence-corrected chi connectivity index (χ1v) is 5.96. The lowest BCUT2D eigenvalue weighted by molar-refractivity contribution is -0.0992. The molecule has 0 saturated carbocycles. The van der Waals surface area contributed by atoms with E-state index < -0.39 is 18.4 Å². The van der Waals surface area contributed by atoms with Crippen LogP contribution >= 0.6 is 0 Å². The van der Waals surface area contributed by atoms with Crippen LogP contribution in [0.1, 0.15) is 12.0 Å². The van der Waals surface area contributed by atoms with Gasteiger partial charge in [0.1, 0.15) is 6.61 Å². The van der Waals surface area contributed by atoms with Crippen LogP contribution in [0.15, 0.2) is 30.3 Å². The number of carbonyl (C=O) groups excluding carboxylic acids is 1. The van der Waals surface area contributed by atoms with Crippen LogP contribution in [0.2, 0.25) is 0 Å². The summed E-state index contributed by atoms with van der Waals surface area (Å²) < 4.78 is 9.70. The minimum absolute atomic E-state index is 0.140. The first kappa shape index (κ1) is 15.4. The first-order valence-electron chi connectivity index (χ1n) is 5.96. The van der Waals surface area contributed by atoms with Crippen LogP contribution in [0.3, 0.4) is 0 Å². The predicted octanol–water partition coefficient (Wildman–Crippen LogP) is 0.629. The van der Waals surface area contributed by atoms with E-state index in [2.05, 4.69) is 5.32 Å². The highest BCUT2D eigenvalue weighted by atomic mass is 16.6. The summed E-state index contributed by atoms with van der Waals surface area (Å²) in [6.07, 6.45) is -1.68. The van der Waals surface area contributed by atoms with Gasteiger partial charge in [0, 0.05) is 13.7 Å². The van der Waals surface area contributed by atoms with E-state index in [0.29, 0.717) is 0 Å². The summed E-state index contributed by atoms with van der Waals surface area (Å²) in [5.74, 6) is 0. The number of aliphatic hydroxyl groups is 2. The Kier molecular flexibility index (Phi) is 6.88. The van der Waals surface area contributed by atoms with Gasteiger partial charge in [-0.25, -0.2) is 4.79 Å². The fourth-order valence-corrected chi connectivity index (χ4v) is 1.51. The SMILES string of the molecule is COC(O)[C@H](CCO)NC(=O)OCc1ccccc1. The molecule has 1 unspecified atom stereocenters. The number of aliphatic hydroxyl groups excluding tert-OH is 2. The summed E-state index contributed by atoms with van der Waals surface area (Å²) in [6, 6.07) is 8.53. The van der Waals surface area contributed by atoms with E-state index in [4.69, 9.17) is 14.6 Å². The highest BCUT2D eigenvalue weighted by Crippen LogP contribution is 2.03. The first-order chi connectivity index (χ1) is 9.17. The number of amides is 1. The Hall–Kier alpha value is -1.63. The van der Waals surface area contributed by atoms with Gasteiger partial charge in [-0.1, -0.05) is 30.3 Å². The van der Waals surface area contributed by atoms with E-state index >= 15 is 0 Å². The van der Waals surface area contributed by atoms with E-state index in [0.717, 1.165) is 5.56 Å². The van der Waals surface area contributed by atoms with E-state index in [1.54, 1.807) is 0 Å². The molecule has 0 saturated heterocycles. The molecule has 0 aromatic heterocycles. The normalized spacial score (nSPS) is 13.6. The molecule has 0 bridgehead atoms. The van der Waals surface area contributed by atoms with Gasteiger partial charge >= 0.3 is 6.09 Å². The second-order valence-electron chi connectivity index (χ2n) is 3.95. The van der Waals surface area contributed by atoms with Gasteiger partial charge in [0.15, 0.2) is 6.29 Å². The average Bonchev–Trinajstić information content (AvgIpc) is 2.45. The molecule has 1 rings (SSSR count). The van der Waals surface area contributed by atoms with Crippen molar-refractivity contribution in [2.24, 2.45) is 0 Å².